The monoisotopic (exact) mass is 189 g/mol. The van der Waals surface area contributed by atoms with Gasteiger partial charge in [0, 0.05) is 23.7 Å². The minimum absolute atomic E-state index is 0.278. The first kappa shape index (κ1) is 7.88. The van der Waals surface area contributed by atoms with E-state index in [0.29, 0.717) is 0 Å². The summed E-state index contributed by atoms with van der Waals surface area (Å²) in [5.41, 5.74) is 1.97. The molecule has 0 radical (unpaired) electrons. The van der Waals surface area contributed by atoms with Gasteiger partial charge in [-0.1, -0.05) is 0 Å². The lowest BCUT2D eigenvalue weighted by molar-refractivity contribution is 0.180. The van der Waals surface area contributed by atoms with Crippen LogP contribution >= 0.6 is 0 Å². The average molecular weight is 189 g/mol. The quantitative estimate of drug-likeness (QED) is 0.663. The summed E-state index contributed by atoms with van der Waals surface area (Å²) in [4.78, 5) is 0. The molecule has 2 aromatic rings. The highest BCUT2D eigenvalue weighted by atomic mass is 16.3. The SMILES string of the molecule is Oc1ccc2cc3n(c2c1)CCC3O. The third-order valence-electron chi connectivity index (χ3n) is 2.89. The van der Waals surface area contributed by atoms with Crippen LogP contribution in [0.15, 0.2) is 24.3 Å². The van der Waals surface area contributed by atoms with Gasteiger partial charge < -0.3 is 14.8 Å². The number of aliphatic hydroxyl groups excluding tert-OH is 1. The van der Waals surface area contributed by atoms with Crippen LogP contribution in [-0.4, -0.2) is 14.8 Å². The molecule has 1 atom stereocenters. The predicted molar refractivity (Wildman–Crippen MR) is 53.2 cm³/mol. The Bertz CT molecular complexity index is 501. The molecule has 3 rings (SSSR count). The Morgan fingerprint density at radius 3 is 3.00 bits per heavy atom. The molecule has 3 heteroatoms. The van der Waals surface area contributed by atoms with E-state index in [4.69, 9.17) is 0 Å². The molecule has 0 spiro atoms. The predicted octanol–water partition coefficient (Wildman–Crippen LogP) is 1.78. The fourth-order valence-corrected chi connectivity index (χ4v) is 2.19. The van der Waals surface area contributed by atoms with Crippen LogP contribution in [0.25, 0.3) is 10.9 Å². The number of aliphatic hydroxyl groups is 1. The van der Waals surface area contributed by atoms with Gasteiger partial charge in [0.25, 0.3) is 0 Å². The number of rotatable bonds is 0. The summed E-state index contributed by atoms with van der Waals surface area (Å²) in [5, 5.41) is 20.1. The second-order valence-corrected chi connectivity index (χ2v) is 3.77. The minimum atomic E-state index is -0.343. The maximum Gasteiger partial charge on any atom is 0.117 e. The van der Waals surface area contributed by atoms with Crippen LogP contribution in [0.1, 0.15) is 18.2 Å². The zero-order chi connectivity index (χ0) is 9.71. The second kappa shape index (κ2) is 2.51. The number of aromatic nitrogens is 1. The normalized spacial score (nSPS) is 20.2. The van der Waals surface area contributed by atoms with Gasteiger partial charge in [-0.2, -0.15) is 0 Å². The summed E-state index contributed by atoms with van der Waals surface area (Å²) in [7, 11) is 0. The molecule has 1 aromatic carbocycles. The van der Waals surface area contributed by atoms with Crippen LogP contribution in [0.5, 0.6) is 5.75 Å². The zero-order valence-electron chi connectivity index (χ0n) is 7.64. The standard InChI is InChI=1S/C11H11NO2/c13-8-2-1-7-5-10-11(14)3-4-12(10)9(7)6-8/h1-2,5-6,11,13-14H,3-4H2. The van der Waals surface area contributed by atoms with E-state index < -0.39 is 0 Å². The van der Waals surface area contributed by atoms with Crippen LogP contribution < -0.4 is 0 Å². The first-order valence-corrected chi connectivity index (χ1v) is 4.76. The number of phenolic OH excluding ortho intramolecular Hbond substituents is 1. The lowest BCUT2D eigenvalue weighted by Gasteiger charge is -1.99. The van der Waals surface area contributed by atoms with Crippen molar-refractivity contribution < 1.29 is 10.2 Å². The Hall–Kier alpha value is -1.48. The van der Waals surface area contributed by atoms with Crippen molar-refractivity contribution in [1.82, 2.24) is 4.57 Å². The van der Waals surface area contributed by atoms with Crippen LogP contribution in [0, 0.1) is 0 Å². The molecular formula is C11H11NO2. The second-order valence-electron chi connectivity index (χ2n) is 3.77. The summed E-state index contributed by atoms with van der Waals surface area (Å²) >= 11 is 0. The molecule has 72 valence electrons. The third-order valence-corrected chi connectivity index (χ3v) is 2.89. The van der Waals surface area contributed by atoms with Gasteiger partial charge in [0.2, 0.25) is 0 Å². The maximum atomic E-state index is 9.67. The molecule has 0 saturated carbocycles. The topological polar surface area (TPSA) is 45.4 Å². The van der Waals surface area contributed by atoms with E-state index in [1.165, 1.54) is 0 Å². The molecule has 2 N–H and O–H groups in total. The molecule has 3 nitrogen and oxygen atoms in total. The first-order valence-electron chi connectivity index (χ1n) is 4.76. The molecule has 0 fully saturated rings. The molecule has 14 heavy (non-hydrogen) atoms. The lowest BCUT2D eigenvalue weighted by atomic mass is 10.2. The van der Waals surface area contributed by atoms with Crippen molar-refractivity contribution in [3.8, 4) is 5.75 Å². The Kier molecular flexibility index (Phi) is 1.42. The van der Waals surface area contributed by atoms with Crippen LogP contribution in [0.2, 0.25) is 0 Å². The molecule has 0 amide bonds. The molecule has 0 bridgehead atoms. The zero-order valence-corrected chi connectivity index (χ0v) is 7.64. The van der Waals surface area contributed by atoms with E-state index in [1.54, 1.807) is 12.1 Å². The Morgan fingerprint density at radius 1 is 1.29 bits per heavy atom. The number of fused-ring (bicyclic) bond motifs is 3. The molecule has 0 aliphatic carbocycles. The number of benzene rings is 1. The van der Waals surface area contributed by atoms with Crippen molar-refractivity contribution in [2.75, 3.05) is 0 Å². The van der Waals surface area contributed by atoms with E-state index >= 15 is 0 Å². The summed E-state index contributed by atoms with van der Waals surface area (Å²) in [6, 6.07) is 7.29. The molecule has 1 unspecified atom stereocenters. The van der Waals surface area contributed by atoms with Gasteiger partial charge >= 0.3 is 0 Å². The van der Waals surface area contributed by atoms with E-state index in [2.05, 4.69) is 4.57 Å². The smallest absolute Gasteiger partial charge is 0.117 e. The van der Waals surface area contributed by atoms with Gasteiger partial charge in [0.05, 0.1) is 11.6 Å². The van der Waals surface area contributed by atoms with Crippen molar-refractivity contribution in [3.05, 3.63) is 30.0 Å². The van der Waals surface area contributed by atoms with Crippen molar-refractivity contribution in [2.45, 2.75) is 19.1 Å². The van der Waals surface area contributed by atoms with Crippen molar-refractivity contribution in [3.63, 3.8) is 0 Å². The Balaban J connectivity index is 2.36. The molecule has 1 aromatic heterocycles. The number of hydrogen-bond donors (Lipinski definition) is 2. The van der Waals surface area contributed by atoms with Crippen molar-refractivity contribution in [1.29, 1.82) is 0 Å². The largest absolute Gasteiger partial charge is 0.508 e. The number of aryl methyl sites for hydroxylation is 1. The Morgan fingerprint density at radius 2 is 2.14 bits per heavy atom. The van der Waals surface area contributed by atoms with Crippen LogP contribution in [0.3, 0.4) is 0 Å². The summed E-state index contributed by atoms with van der Waals surface area (Å²) in [5.74, 6) is 0.278. The first-order chi connectivity index (χ1) is 6.75. The summed E-state index contributed by atoms with van der Waals surface area (Å²) in [6.45, 7) is 0.837. The number of aromatic hydroxyl groups is 1. The van der Waals surface area contributed by atoms with Gasteiger partial charge in [0.1, 0.15) is 5.75 Å². The number of nitrogens with zero attached hydrogens (tertiary/aromatic N) is 1. The number of hydrogen-bond acceptors (Lipinski definition) is 2. The fraction of sp³-hybridized carbons (Fsp3) is 0.273. The average Bonchev–Trinajstić information content (AvgIpc) is 2.67. The third kappa shape index (κ3) is 0.902. The van der Waals surface area contributed by atoms with E-state index in [9.17, 15) is 10.2 Å². The van der Waals surface area contributed by atoms with E-state index in [0.717, 1.165) is 29.6 Å². The molecule has 1 aliphatic heterocycles. The van der Waals surface area contributed by atoms with Crippen molar-refractivity contribution >= 4 is 10.9 Å². The highest BCUT2D eigenvalue weighted by molar-refractivity contribution is 5.83. The Labute approximate surface area is 81.2 Å². The van der Waals surface area contributed by atoms with Crippen LogP contribution in [0.4, 0.5) is 0 Å². The molecule has 1 aliphatic rings. The highest BCUT2D eigenvalue weighted by Gasteiger charge is 2.22. The van der Waals surface area contributed by atoms with Crippen LogP contribution in [-0.2, 0) is 6.54 Å². The molecular weight excluding hydrogens is 178 g/mol. The van der Waals surface area contributed by atoms with Gasteiger partial charge in [-0.3, -0.25) is 0 Å². The van der Waals surface area contributed by atoms with Crippen molar-refractivity contribution in [2.24, 2.45) is 0 Å². The fourth-order valence-electron chi connectivity index (χ4n) is 2.19. The minimum Gasteiger partial charge on any atom is -0.508 e. The number of phenols is 1. The summed E-state index contributed by atoms with van der Waals surface area (Å²) < 4.78 is 2.07. The highest BCUT2D eigenvalue weighted by Crippen LogP contribution is 2.33. The van der Waals surface area contributed by atoms with Gasteiger partial charge in [-0.25, -0.2) is 0 Å². The molecule has 2 heterocycles. The van der Waals surface area contributed by atoms with E-state index in [1.807, 2.05) is 12.1 Å². The molecule has 0 saturated heterocycles. The lowest BCUT2D eigenvalue weighted by Crippen LogP contribution is -1.91. The van der Waals surface area contributed by atoms with E-state index in [-0.39, 0.29) is 11.9 Å². The van der Waals surface area contributed by atoms with Gasteiger partial charge in [-0.15, -0.1) is 0 Å². The van der Waals surface area contributed by atoms with Gasteiger partial charge in [-0.05, 0) is 24.6 Å². The maximum absolute atomic E-state index is 9.67. The van der Waals surface area contributed by atoms with Gasteiger partial charge in [0.15, 0.2) is 0 Å². The summed E-state index contributed by atoms with van der Waals surface area (Å²) in [6.07, 6.45) is 0.436.